The average molecular weight is 458 g/mol. The van der Waals surface area contributed by atoms with E-state index in [0.717, 1.165) is 22.0 Å². The first-order chi connectivity index (χ1) is 14.1. The highest BCUT2D eigenvalue weighted by molar-refractivity contribution is 9.10. The van der Waals surface area contributed by atoms with E-state index in [-0.39, 0.29) is 24.5 Å². The maximum absolute atomic E-state index is 12.4. The third kappa shape index (κ3) is 5.98. The molecular formula is C22H24BrN3O3. The smallest absolute Gasteiger partial charge is 0.249 e. The molecule has 0 unspecified atom stereocenters. The van der Waals surface area contributed by atoms with Gasteiger partial charge in [-0.15, -0.1) is 0 Å². The van der Waals surface area contributed by atoms with Crippen molar-refractivity contribution in [3.63, 3.8) is 0 Å². The summed E-state index contributed by atoms with van der Waals surface area (Å²) in [6.07, 6.45) is 0.853. The topological polar surface area (TPSA) is 77.2 Å². The van der Waals surface area contributed by atoms with E-state index in [4.69, 9.17) is 9.26 Å². The average Bonchev–Trinajstić information content (AvgIpc) is 3.22. The van der Waals surface area contributed by atoms with Crippen molar-refractivity contribution in [1.82, 2.24) is 15.5 Å². The second-order valence-electron chi connectivity index (χ2n) is 6.87. The Morgan fingerprint density at radius 1 is 1.17 bits per heavy atom. The van der Waals surface area contributed by atoms with E-state index in [1.807, 2.05) is 61.5 Å². The maximum Gasteiger partial charge on any atom is 0.249 e. The van der Waals surface area contributed by atoms with Crippen molar-refractivity contribution >= 4 is 21.8 Å². The molecule has 1 amide bonds. The van der Waals surface area contributed by atoms with E-state index in [2.05, 4.69) is 38.3 Å². The number of rotatable bonds is 9. The molecule has 7 heteroatoms. The quantitative estimate of drug-likeness (QED) is 0.493. The number of hydrogen-bond acceptors (Lipinski definition) is 5. The van der Waals surface area contributed by atoms with Crippen molar-refractivity contribution in [3.05, 3.63) is 70.5 Å². The molecule has 3 aromatic rings. The van der Waals surface area contributed by atoms with Crippen LogP contribution in [-0.2, 0) is 16.1 Å². The van der Waals surface area contributed by atoms with Gasteiger partial charge in [-0.25, -0.2) is 0 Å². The van der Waals surface area contributed by atoms with Crippen LogP contribution in [0.15, 0.2) is 63.6 Å². The number of amides is 1. The summed E-state index contributed by atoms with van der Waals surface area (Å²) in [5.74, 6) is 0.810. The van der Waals surface area contributed by atoms with Gasteiger partial charge in [0, 0.05) is 10.0 Å². The molecule has 0 aliphatic carbocycles. The first kappa shape index (κ1) is 21.2. The molecule has 1 N–H and O–H groups in total. The molecule has 0 radical (unpaired) electrons. The van der Waals surface area contributed by atoms with Crippen LogP contribution in [0.4, 0.5) is 0 Å². The zero-order valence-electron chi connectivity index (χ0n) is 16.5. The number of benzene rings is 2. The summed E-state index contributed by atoms with van der Waals surface area (Å²) in [4.78, 5) is 16.9. The van der Waals surface area contributed by atoms with Gasteiger partial charge < -0.3 is 14.6 Å². The minimum absolute atomic E-state index is 0.0322. The predicted molar refractivity (Wildman–Crippen MR) is 114 cm³/mol. The molecule has 0 aliphatic rings. The van der Waals surface area contributed by atoms with Crippen LogP contribution in [0.25, 0.3) is 11.4 Å². The molecule has 6 nitrogen and oxygen atoms in total. The number of aromatic nitrogens is 2. The van der Waals surface area contributed by atoms with E-state index in [1.165, 1.54) is 0 Å². The van der Waals surface area contributed by atoms with Crippen LogP contribution in [0.2, 0.25) is 0 Å². The van der Waals surface area contributed by atoms with Crippen molar-refractivity contribution in [2.75, 3.05) is 6.61 Å². The Hall–Kier alpha value is -2.51. The molecule has 3 rings (SSSR count). The van der Waals surface area contributed by atoms with Crippen LogP contribution in [0.3, 0.4) is 0 Å². The van der Waals surface area contributed by atoms with Crippen molar-refractivity contribution in [1.29, 1.82) is 0 Å². The highest BCUT2D eigenvalue weighted by atomic mass is 79.9. The lowest BCUT2D eigenvalue weighted by atomic mass is 9.99. The second-order valence-corrected chi connectivity index (χ2v) is 7.79. The fraction of sp³-hybridized carbons (Fsp3) is 0.318. The fourth-order valence-corrected chi connectivity index (χ4v) is 3.08. The van der Waals surface area contributed by atoms with Crippen molar-refractivity contribution in [3.8, 4) is 11.4 Å². The number of halogens is 1. The lowest BCUT2D eigenvalue weighted by Gasteiger charge is -2.20. The molecule has 0 aliphatic heterocycles. The molecule has 0 saturated heterocycles. The SMILES string of the molecule is CC[C@H](C)[C@@H](NC(=O)COCc1ccccc1)c1nc(-c2ccc(Br)cc2)no1. The summed E-state index contributed by atoms with van der Waals surface area (Å²) < 4.78 is 12.0. The standard InChI is InChI=1S/C22H24BrN3O3/c1-3-15(2)20(24-19(27)14-28-13-16-7-5-4-6-8-16)22-25-21(26-29-22)17-9-11-18(23)12-10-17/h4-12,15,20H,3,13-14H2,1-2H3,(H,24,27)/t15-,20+/m0/s1. The minimum Gasteiger partial charge on any atom is -0.367 e. The van der Waals surface area contributed by atoms with E-state index >= 15 is 0 Å². The third-order valence-corrected chi connectivity index (χ3v) is 5.21. The van der Waals surface area contributed by atoms with Crippen LogP contribution in [0, 0.1) is 5.92 Å². The van der Waals surface area contributed by atoms with Gasteiger partial charge in [-0.2, -0.15) is 4.98 Å². The number of hydrogen-bond donors (Lipinski definition) is 1. The normalized spacial score (nSPS) is 13.1. The van der Waals surface area contributed by atoms with Crippen molar-refractivity contribution < 1.29 is 14.1 Å². The summed E-state index contributed by atoms with van der Waals surface area (Å²) in [6, 6.07) is 17.0. The van der Waals surface area contributed by atoms with Crippen LogP contribution < -0.4 is 5.32 Å². The Morgan fingerprint density at radius 3 is 2.59 bits per heavy atom. The minimum atomic E-state index is -0.371. The molecular weight excluding hydrogens is 434 g/mol. The lowest BCUT2D eigenvalue weighted by molar-refractivity contribution is -0.127. The molecule has 2 atom stereocenters. The lowest BCUT2D eigenvalue weighted by Crippen LogP contribution is -2.35. The van der Waals surface area contributed by atoms with Gasteiger partial charge in [0.1, 0.15) is 12.6 Å². The van der Waals surface area contributed by atoms with E-state index in [0.29, 0.717) is 18.3 Å². The van der Waals surface area contributed by atoms with E-state index < -0.39 is 0 Å². The summed E-state index contributed by atoms with van der Waals surface area (Å²) in [6.45, 7) is 4.45. The van der Waals surface area contributed by atoms with Crippen LogP contribution >= 0.6 is 15.9 Å². The molecule has 152 valence electrons. The van der Waals surface area contributed by atoms with Crippen molar-refractivity contribution in [2.24, 2.45) is 5.92 Å². The number of carbonyl (C=O) groups excluding carboxylic acids is 1. The zero-order valence-corrected chi connectivity index (χ0v) is 18.1. The van der Waals surface area contributed by atoms with Crippen molar-refractivity contribution in [2.45, 2.75) is 32.9 Å². The van der Waals surface area contributed by atoms with Gasteiger partial charge in [-0.1, -0.05) is 71.7 Å². The monoisotopic (exact) mass is 457 g/mol. The Bertz CT molecular complexity index is 913. The van der Waals surface area contributed by atoms with E-state index in [9.17, 15) is 4.79 Å². The largest absolute Gasteiger partial charge is 0.367 e. The van der Waals surface area contributed by atoms with E-state index in [1.54, 1.807) is 0 Å². The molecule has 0 saturated carbocycles. The molecule has 0 spiro atoms. The number of carbonyl (C=O) groups is 1. The van der Waals surface area contributed by atoms with Crippen LogP contribution in [0.1, 0.15) is 37.8 Å². The Kier molecular flexibility index (Phi) is 7.55. The highest BCUT2D eigenvalue weighted by Crippen LogP contribution is 2.26. The summed E-state index contributed by atoms with van der Waals surface area (Å²) in [7, 11) is 0. The van der Waals surface area contributed by atoms with Gasteiger partial charge in [-0.3, -0.25) is 4.79 Å². The number of ether oxygens (including phenoxy) is 1. The zero-order chi connectivity index (χ0) is 20.6. The van der Waals surface area contributed by atoms with Gasteiger partial charge in [0.05, 0.1) is 6.61 Å². The first-order valence-electron chi connectivity index (χ1n) is 9.57. The van der Waals surface area contributed by atoms with Gasteiger partial charge in [-0.05, 0) is 35.7 Å². The van der Waals surface area contributed by atoms with Crippen LogP contribution in [-0.4, -0.2) is 22.7 Å². The third-order valence-electron chi connectivity index (χ3n) is 4.68. The molecule has 0 bridgehead atoms. The Labute approximate surface area is 178 Å². The number of nitrogens with zero attached hydrogens (tertiary/aromatic N) is 2. The maximum atomic E-state index is 12.4. The molecule has 1 heterocycles. The van der Waals surface area contributed by atoms with Gasteiger partial charge in [0.25, 0.3) is 0 Å². The highest BCUT2D eigenvalue weighted by Gasteiger charge is 2.26. The van der Waals surface area contributed by atoms with Gasteiger partial charge >= 0.3 is 0 Å². The molecule has 29 heavy (non-hydrogen) atoms. The summed E-state index contributed by atoms with van der Waals surface area (Å²) in [5.41, 5.74) is 1.87. The molecule has 1 aromatic heterocycles. The Balaban J connectivity index is 1.63. The van der Waals surface area contributed by atoms with Gasteiger partial charge in [0.2, 0.25) is 17.6 Å². The predicted octanol–water partition coefficient (Wildman–Crippen LogP) is 4.92. The number of nitrogens with one attached hydrogen (secondary N) is 1. The Morgan fingerprint density at radius 2 is 1.90 bits per heavy atom. The second kappa shape index (κ2) is 10.3. The van der Waals surface area contributed by atoms with Gasteiger partial charge in [0.15, 0.2) is 0 Å². The fourth-order valence-electron chi connectivity index (χ4n) is 2.81. The summed E-state index contributed by atoms with van der Waals surface area (Å²) >= 11 is 3.41. The molecule has 0 fully saturated rings. The van der Waals surface area contributed by atoms with Crippen LogP contribution in [0.5, 0.6) is 0 Å². The summed E-state index contributed by atoms with van der Waals surface area (Å²) in [5, 5.41) is 7.06. The first-order valence-corrected chi connectivity index (χ1v) is 10.4. The molecule has 2 aromatic carbocycles.